The van der Waals surface area contributed by atoms with Gasteiger partial charge in [-0.1, -0.05) is 45.4 Å². The highest BCUT2D eigenvalue weighted by Crippen LogP contribution is 2.40. The number of cyclic esters (lactones) is 1. The van der Waals surface area contributed by atoms with Crippen LogP contribution in [0.25, 0.3) is 0 Å². The third kappa shape index (κ3) is 11.5. The van der Waals surface area contributed by atoms with Gasteiger partial charge in [0.15, 0.2) is 5.79 Å². The lowest BCUT2D eigenvalue weighted by atomic mass is 9.81. The predicted octanol–water partition coefficient (Wildman–Crippen LogP) is 5.29. The molecule has 3 N–H and O–H groups in total. The molecule has 1 saturated carbocycles. The van der Waals surface area contributed by atoms with Crippen LogP contribution in [0.3, 0.4) is 0 Å². The van der Waals surface area contributed by atoms with Gasteiger partial charge >= 0.3 is 5.97 Å². The first-order chi connectivity index (χ1) is 26.0. The fourth-order valence-corrected chi connectivity index (χ4v) is 9.47. The molecule has 2 bridgehead atoms. The number of ether oxygens (including phenoxy) is 5. The highest BCUT2D eigenvalue weighted by Gasteiger charge is 2.51. The summed E-state index contributed by atoms with van der Waals surface area (Å²) in [5.41, 5.74) is 1.78. The van der Waals surface area contributed by atoms with Crippen LogP contribution >= 0.6 is 0 Å². The standard InChI is InChI=1S/C43H71NO11/c1-10-31-18-25(2)17-26(3)19-37(52-8)41-38(53-9)21-28(5)43(50,55-41)24-39(48)44-16-12-11-13-32(44)42(49)54-40(29(6)34(46)23-35(31)47)27(4)20-30-14-15-33(45)36(22-30)51-7/h18,20,26,28-34,36-38,40-41,45-46,50H,10-17,19,21-24H2,1-9H3/b25-18+,27-20+/t26-,28+,29+,30-,31+,32?,33?,34-,36+,37-,38-,40+,41+,43-/m0/s1. The van der Waals surface area contributed by atoms with E-state index in [2.05, 4.69) is 6.92 Å². The quantitative estimate of drug-likeness (QED) is 0.237. The van der Waals surface area contributed by atoms with Crippen LogP contribution < -0.4 is 0 Å². The van der Waals surface area contributed by atoms with Gasteiger partial charge in [-0.3, -0.25) is 9.59 Å². The number of methoxy groups -OCH3 is 3. The summed E-state index contributed by atoms with van der Waals surface area (Å²) in [5.74, 6) is -4.20. The highest BCUT2D eigenvalue weighted by atomic mass is 16.7. The summed E-state index contributed by atoms with van der Waals surface area (Å²) in [6.45, 7) is 11.9. The molecule has 0 aromatic heterocycles. The number of amides is 1. The number of rotatable bonds is 6. The monoisotopic (exact) mass is 778 g/mol. The van der Waals surface area contributed by atoms with E-state index in [-0.39, 0.29) is 42.7 Å². The highest BCUT2D eigenvalue weighted by molar-refractivity contribution is 5.85. The van der Waals surface area contributed by atoms with E-state index in [1.54, 1.807) is 28.3 Å². The number of piperidine rings is 1. The Balaban J connectivity index is 1.73. The van der Waals surface area contributed by atoms with E-state index >= 15 is 0 Å². The molecule has 0 spiro atoms. The number of esters is 1. The average molecular weight is 778 g/mol. The van der Waals surface area contributed by atoms with E-state index in [9.17, 15) is 29.7 Å². The first kappa shape index (κ1) is 45.5. The molecule has 314 valence electrons. The largest absolute Gasteiger partial charge is 0.456 e. The molecule has 55 heavy (non-hydrogen) atoms. The number of carbonyl (C=O) groups is 3. The smallest absolute Gasteiger partial charge is 0.329 e. The van der Waals surface area contributed by atoms with Crippen LogP contribution in [0.4, 0.5) is 0 Å². The van der Waals surface area contributed by atoms with Crippen molar-refractivity contribution in [2.75, 3.05) is 27.9 Å². The number of allylic oxidation sites excluding steroid dienone is 3. The Morgan fingerprint density at radius 2 is 1.60 bits per heavy atom. The van der Waals surface area contributed by atoms with Crippen molar-refractivity contribution < 1.29 is 53.4 Å². The van der Waals surface area contributed by atoms with Gasteiger partial charge < -0.3 is 43.9 Å². The molecule has 12 heteroatoms. The summed E-state index contributed by atoms with van der Waals surface area (Å²) in [6.07, 6.45) is 5.30. The predicted molar refractivity (Wildman–Crippen MR) is 208 cm³/mol. The molecule has 3 heterocycles. The molecule has 0 aromatic carbocycles. The molecular formula is C43H71NO11. The van der Waals surface area contributed by atoms with Gasteiger partial charge in [0.2, 0.25) is 5.91 Å². The Hall–Kier alpha value is -2.19. The molecule has 2 saturated heterocycles. The SMILES string of the molecule is CC[C@@H]1/C=C(\C)C[C@H](C)C[C@H](OC)[C@H]2O[C@@](O)(CC(=O)N3CCCCC3C(=O)O[C@H](/C(C)=C/[C@@H]3CCC(O)[C@H](OC)C3)[C@H](C)[C@@H](O)CC1=O)[C@H](C)C[C@@H]2OC. The Kier molecular flexibility index (Phi) is 16.9. The van der Waals surface area contributed by atoms with Crippen molar-refractivity contribution >= 4 is 17.7 Å². The molecule has 3 aliphatic heterocycles. The maximum Gasteiger partial charge on any atom is 0.329 e. The Labute approximate surface area is 329 Å². The number of nitrogens with zero attached hydrogens (tertiary/aromatic N) is 1. The van der Waals surface area contributed by atoms with Crippen molar-refractivity contribution in [3.05, 3.63) is 23.3 Å². The number of aliphatic hydroxyl groups excluding tert-OH is 2. The van der Waals surface area contributed by atoms with Crippen molar-refractivity contribution in [3.8, 4) is 0 Å². The van der Waals surface area contributed by atoms with Crippen molar-refractivity contribution in [2.45, 2.75) is 173 Å². The van der Waals surface area contributed by atoms with Crippen LogP contribution in [-0.4, -0.2) is 120 Å². The summed E-state index contributed by atoms with van der Waals surface area (Å²) in [7, 11) is 4.81. The zero-order valence-corrected chi connectivity index (χ0v) is 34.9. The normalized spacial score (nSPS) is 42.1. The molecule has 1 aliphatic carbocycles. The molecule has 14 atom stereocenters. The van der Waals surface area contributed by atoms with E-state index in [0.717, 1.165) is 17.6 Å². The minimum absolute atomic E-state index is 0.0494. The van der Waals surface area contributed by atoms with E-state index in [4.69, 9.17) is 23.7 Å². The van der Waals surface area contributed by atoms with E-state index in [0.29, 0.717) is 64.3 Å². The maximum atomic E-state index is 14.3. The van der Waals surface area contributed by atoms with Crippen molar-refractivity contribution in [1.29, 1.82) is 0 Å². The Bertz CT molecular complexity index is 1350. The molecule has 0 aromatic rings. The summed E-state index contributed by atoms with van der Waals surface area (Å²) >= 11 is 0. The topological polar surface area (TPSA) is 161 Å². The summed E-state index contributed by atoms with van der Waals surface area (Å²) < 4.78 is 30.2. The summed E-state index contributed by atoms with van der Waals surface area (Å²) in [6, 6.07) is -0.894. The molecule has 4 aliphatic rings. The van der Waals surface area contributed by atoms with Gasteiger partial charge in [0.05, 0.1) is 36.9 Å². The molecule has 12 nitrogen and oxygen atoms in total. The van der Waals surface area contributed by atoms with Gasteiger partial charge in [-0.15, -0.1) is 0 Å². The number of aliphatic hydroxyl groups is 3. The molecule has 2 unspecified atom stereocenters. The fraction of sp³-hybridized carbons (Fsp3) is 0.837. The maximum absolute atomic E-state index is 14.3. The van der Waals surface area contributed by atoms with Crippen LogP contribution in [0.1, 0.15) is 119 Å². The van der Waals surface area contributed by atoms with E-state index in [1.807, 2.05) is 39.8 Å². The van der Waals surface area contributed by atoms with Crippen molar-refractivity contribution in [1.82, 2.24) is 4.90 Å². The molecule has 1 amide bonds. The third-order valence-corrected chi connectivity index (χ3v) is 13.0. The number of ketones is 1. The van der Waals surface area contributed by atoms with E-state index in [1.165, 1.54) is 4.90 Å². The van der Waals surface area contributed by atoms with Crippen LogP contribution in [-0.2, 0) is 38.1 Å². The minimum Gasteiger partial charge on any atom is -0.456 e. The Morgan fingerprint density at radius 1 is 0.927 bits per heavy atom. The second kappa shape index (κ2) is 20.5. The number of hydrogen-bond acceptors (Lipinski definition) is 11. The molecule has 0 radical (unpaired) electrons. The van der Waals surface area contributed by atoms with Crippen LogP contribution in [0.5, 0.6) is 0 Å². The lowest BCUT2D eigenvalue weighted by Crippen LogP contribution is -2.59. The van der Waals surface area contributed by atoms with Gasteiger partial charge in [0.1, 0.15) is 24.0 Å². The van der Waals surface area contributed by atoms with E-state index < -0.39 is 72.0 Å². The second-order valence-electron chi connectivity index (χ2n) is 17.2. The average Bonchev–Trinajstić information content (AvgIpc) is 3.15. The molecular weight excluding hydrogens is 706 g/mol. The number of carbonyl (C=O) groups excluding carboxylic acids is 3. The van der Waals surface area contributed by atoms with Gasteiger partial charge in [-0.2, -0.15) is 0 Å². The second-order valence-corrected chi connectivity index (χ2v) is 17.2. The first-order valence-electron chi connectivity index (χ1n) is 20.8. The molecule has 4 rings (SSSR count). The zero-order chi connectivity index (χ0) is 40.6. The first-order valence-corrected chi connectivity index (χ1v) is 20.8. The zero-order valence-electron chi connectivity index (χ0n) is 34.9. The summed E-state index contributed by atoms with van der Waals surface area (Å²) in [5, 5.41) is 34.2. The lowest BCUT2D eigenvalue weighted by molar-refractivity contribution is -0.321. The third-order valence-electron chi connectivity index (χ3n) is 13.0. The minimum atomic E-state index is -1.82. The van der Waals surface area contributed by atoms with Crippen molar-refractivity contribution in [2.24, 2.45) is 29.6 Å². The molecule has 3 fully saturated rings. The van der Waals surface area contributed by atoms with Gasteiger partial charge in [-0.25, -0.2) is 4.79 Å². The number of hydrogen-bond donors (Lipinski definition) is 3. The van der Waals surface area contributed by atoms with Crippen LogP contribution in [0.15, 0.2) is 23.3 Å². The Morgan fingerprint density at radius 3 is 2.25 bits per heavy atom. The van der Waals surface area contributed by atoms with Crippen molar-refractivity contribution in [3.63, 3.8) is 0 Å². The lowest BCUT2D eigenvalue weighted by Gasteiger charge is -2.48. The van der Waals surface area contributed by atoms with Crippen LogP contribution in [0, 0.1) is 29.6 Å². The van der Waals surface area contributed by atoms with Gasteiger partial charge in [0.25, 0.3) is 0 Å². The number of fused-ring (bicyclic) bond motifs is 3. The van der Waals surface area contributed by atoms with Crippen LogP contribution in [0.2, 0.25) is 0 Å². The van der Waals surface area contributed by atoms with Gasteiger partial charge in [0, 0.05) is 52.0 Å². The fourth-order valence-electron chi connectivity index (χ4n) is 9.47. The van der Waals surface area contributed by atoms with Gasteiger partial charge in [-0.05, 0) is 95.5 Å². The number of Topliss-reactive ketones (excluding diaryl/α,β-unsaturated/α-hetero) is 1. The summed E-state index contributed by atoms with van der Waals surface area (Å²) in [4.78, 5) is 43.8.